The lowest BCUT2D eigenvalue weighted by Gasteiger charge is -2.06. The number of ketones is 1. The molecule has 0 saturated carbocycles. The molecule has 1 aromatic heterocycles. The van der Waals surface area contributed by atoms with Crippen LogP contribution in [0.1, 0.15) is 32.4 Å². The monoisotopic (exact) mass is 225 g/mol. The van der Waals surface area contributed by atoms with Crippen LogP contribution in [0.2, 0.25) is 0 Å². The molecule has 0 N–H and O–H groups in total. The maximum absolute atomic E-state index is 12.2. The van der Waals surface area contributed by atoms with Crippen LogP contribution in [-0.4, -0.2) is 22.2 Å². The van der Waals surface area contributed by atoms with Crippen LogP contribution < -0.4 is 0 Å². The van der Waals surface area contributed by atoms with E-state index >= 15 is 0 Å². The molecule has 90 valence electrons. The van der Waals surface area contributed by atoms with Crippen molar-refractivity contribution in [2.75, 3.05) is 6.67 Å². The number of aryl methyl sites for hydroxylation is 2. The fraction of sp³-hybridized carbons (Fsp3) is 0.667. The van der Waals surface area contributed by atoms with Gasteiger partial charge in [0.1, 0.15) is 12.5 Å². The molecule has 0 bridgehead atoms. The average Bonchev–Trinajstić information content (AvgIpc) is 2.66. The second-order valence-corrected chi connectivity index (χ2v) is 4.21. The lowest BCUT2D eigenvalue weighted by molar-refractivity contribution is -0.121. The molecular weight excluding hydrogens is 206 g/mol. The lowest BCUT2D eigenvalue weighted by Crippen LogP contribution is -2.09. The zero-order valence-corrected chi connectivity index (χ0v) is 9.95. The van der Waals surface area contributed by atoms with E-state index in [-0.39, 0.29) is 11.7 Å². The molecule has 3 nitrogen and oxygen atoms in total. The van der Waals surface area contributed by atoms with Gasteiger partial charge in [0.05, 0.1) is 6.54 Å². The summed E-state index contributed by atoms with van der Waals surface area (Å²) in [4.78, 5) is 11.4. The number of Topliss-reactive ketones (excluding diaryl/α,β-unsaturated/α-hetero) is 1. The van der Waals surface area contributed by atoms with Gasteiger partial charge >= 0.3 is 0 Å². The Morgan fingerprint density at radius 2 is 2.31 bits per heavy atom. The van der Waals surface area contributed by atoms with Crippen LogP contribution in [0.4, 0.5) is 4.39 Å². The molecule has 0 fully saturated rings. The van der Waals surface area contributed by atoms with Crippen molar-refractivity contribution < 1.29 is 9.18 Å². The third-order valence-electron chi connectivity index (χ3n) is 2.60. The summed E-state index contributed by atoms with van der Waals surface area (Å²) in [5.41, 5.74) is 1.01. The Kier molecular flexibility index (Phi) is 5.15. The largest absolute Gasteiger partial charge is 0.299 e. The molecule has 1 heterocycles. The molecule has 0 aliphatic carbocycles. The van der Waals surface area contributed by atoms with Gasteiger partial charge in [-0.05, 0) is 18.9 Å². The molecule has 0 radical (unpaired) electrons. The van der Waals surface area contributed by atoms with Crippen LogP contribution >= 0.6 is 0 Å². The van der Waals surface area contributed by atoms with Crippen molar-refractivity contribution in [1.29, 1.82) is 0 Å². The highest BCUT2D eigenvalue weighted by Gasteiger charge is 2.08. The smallest absolute Gasteiger partial charge is 0.135 e. The van der Waals surface area contributed by atoms with Crippen molar-refractivity contribution in [2.45, 2.75) is 39.7 Å². The molecule has 0 aromatic carbocycles. The molecule has 0 amide bonds. The minimum Gasteiger partial charge on any atom is -0.299 e. The Balaban J connectivity index is 2.37. The van der Waals surface area contributed by atoms with Crippen LogP contribution in [0.15, 0.2) is 12.3 Å². The number of nitrogens with zero attached hydrogens (tertiary/aromatic N) is 2. The normalized spacial score (nSPS) is 11.0. The number of halogens is 1. The minimum atomic E-state index is -0.403. The van der Waals surface area contributed by atoms with Crippen molar-refractivity contribution in [3.8, 4) is 0 Å². The van der Waals surface area contributed by atoms with Crippen LogP contribution in [0, 0.1) is 5.92 Å². The third-order valence-corrected chi connectivity index (χ3v) is 2.60. The summed E-state index contributed by atoms with van der Waals surface area (Å²) in [7, 11) is 0. The molecule has 0 aliphatic rings. The van der Waals surface area contributed by atoms with E-state index in [1.807, 2.05) is 19.9 Å². The quantitative estimate of drug-likeness (QED) is 0.714. The molecule has 0 saturated heterocycles. The molecular formula is C12H19FN2O. The second kappa shape index (κ2) is 6.40. The van der Waals surface area contributed by atoms with Gasteiger partial charge in [-0.2, -0.15) is 5.10 Å². The Labute approximate surface area is 95.7 Å². The van der Waals surface area contributed by atoms with Crippen LogP contribution in [-0.2, 0) is 17.8 Å². The first-order valence-corrected chi connectivity index (χ1v) is 5.74. The van der Waals surface area contributed by atoms with Crippen LogP contribution in [0.25, 0.3) is 0 Å². The van der Waals surface area contributed by atoms with E-state index in [0.717, 1.165) is 18.5 Å². The number of hydrogen-bond acceptors (Lipinski definition) is 2. The van der Waals surface area contributed by atoms with Gasteiger partial charge in [-0.25, -0.2) is 4.39 Å². The predicted octanol–water partition coefficient (Wildman–Crippen LogP) is 2.40. The third kappa shape index (κ3) is 3.76. The fourth-order valence-corrected chi connectivity index (χ4v) is 1.59. The summed E-state index contributed by atoms with van der Waals surface area (Å²) in [6.07, 6.45) is 3.88. The van der Waals surface area contributed by atoms with E-state index in [9.17, 15) is 9.18 Å². The van der Waals surface area contributed by atoms with Crippen molar-refractivity contribution in [3.05, 3.63) is 18.0 Å². The maximum Gasteiger partial charge on any atom is 0.135 e. The molecule has 0 aliphatic heterocycles. The highest BCUT2D eigenvalue weighted by Crippen LogP contribution is 2.08. The standard InChI is InChI=1S/C12H19FN2O/c1-10(2)12(16)5-3-4-11-6-8-14-15(11)9-7-13/h6,8,10H,3-5,7,9H2,1-2H3/i13-1. The summed E-state index contributed by atoms with van der Waals surface area (Å²) in [5.74, 6) is 0.396. The molecule has 0 atom stereocenters. The molecule has 0 spiro atoms. The van der Waals surface area contributed by atoms with Crippen molar-refractivity contribution in [2.24, 2.45) is 5.92 Å². The van der Waals surface area contributed by atoms with E-state index in [1.54, 1.807) is 10.9 Å². The Hall–Kier alpha value is -1.19. The minimum absolute atomic E-state index is 0.107. The van der Waals surface area contributed by atoms with E-state index in [1.165, 1.54) is 0 Å². The molecule has 0 unspecified atom stereocenters. The van der Waals surface area contributed by atoms with Crippen LogP contribution in [0.5, 0.6) is 0 Å². The maximum atomic E-state index is 12.2. The predicted molar refractivity (Wildman–Crippen MR) is 61.0 cm³/mol. The van der Waals surface area contributed by atoms with Gasteiger partial charge in [0.15, 0.2) is 0 Å². The first-order chi connectivity index (χ1) is 7.65. The average molecular weight is 225 g/mol. The number of aromatic nitrogens is 2. The summed E-state index contributed by atoms with van der Waals surface area (Å²) in [6.45, 7) is 3.73. The number of carbonyl (C=O) groups is 1. The van der Waals surface area contributed by atoms with Crippen LogP contribution in [0.3, 0.4) is 0 Å². The van der Waals surface area contributed by atoms with Crippen molar-refractivity contribution >= 4 is 5.78 Å². The van der Waals surface area contributed by atoms with Crippen molar-refractivity contribution in [3.63, 3.8) is 0 Å². The summed E-state index contributed by atoms with van der Waals surface area (Å²) < 4.78 is 13.8. The topological polar surface area (TPSA) is 34.9 Å². The van der Waals surface area contributed by atoms with Gasteiger partial charge < -0.3 is 0 Å². The summed E-state index contributed by atoms with van der Waals surface area (Å²) >= 11 is 0. The Morgan fingerprint density at radius 3 is 2.94 bits per heavy atom. The zero-order chi connectivity index (χ0) is 12.0. The highest BCUT2D eigenvalue weighted by molar-refractivity contribution is 5.80. The first kappa shape index (κ1) is 12.9. The van der Waals surface area contributed by atoms with Gasteiger partial charge in [-0.15, -0.1) is 0 Å². The van der Waals surface area contributed by atoms with Crippen molar-refractivity contribution in [1.82, 2.24) is 9.78 Å². The molecule has 1 aromatic rings. The van der Waals surface area contributed by atoms with E-state index in [2.05, 4.69) is 5.10 Å². The first-order valence-electron chi connectivity index (χ1n) is 5.74. The Bertz CT molecular complexity index is 334. The van der Waals surface area contributed by atoms with E-state index < -0.39 is 6.67 Å². The van der Waals surface area contributed by atoms with Gasteiger partial charge in [0, 0.05) is 24.2 Å². The fourth-order valence-electron chi connectivity index (χ4n) is 1.59. The molecule has 16 heavy (non-hydrogen) atoms. The van der Waals surface area contributed by atoms with Gasteiger partial charge in [0.2, 0.25) is 0 Å². The van der Waals surface area contributed by atoms with Gasteiger partial charge in [0.25, 0.3) is 0 Å². The molecule has 4 heteroatoms. The summed E-state index contributed by atoms with van der Waals surface area (Å²) in [6, 6.07) is 1.88. The SMILES string of the molecule is CC(C)C(=O)CCCc1ccnn1CC[18F]. The zero-order valence-electron chi connectivity index (χ0n) is 9.95. The number of carbonyl (C=O) groups excluding carboxylic acids is 1. The number of rotatable bonds is 7. The number of alkyl halides is 1. The second-order valence-electron chi connectivity index (χ2n) is 4.21. The summed E-state index contributed by atoms with van der Waals surface area (Å²) in [5, 5.41) is 4.03. The number of hydrogen-bond donors (Lipinski definition) is 0. The Morgan fingerprint density at radius 1 is 1.56 bits per heavy atom. The molecule has 1 rings (SSSR count). The van der Waals surface area contributed by atoms with E-state index in [4.69, 9.17) is 0 Å². The van der Waals surface area contributed by atoms with E-state index in [0.29, 0.717) is 13.0 Å². The lowest BCUT2D eigenvalue weighted by atomic mass is 10.0. The van der Waals surface area contributed by atoms with Gasteiger partial charge in [-0.3, -0.25) is 9.48 Å². The highest BCUT2D eigenvalue weighted by atomic mass is 18.2. The van der Waals surface area contributed by atoms with Gasteiger partial charge in [-0.1, -0.05) is 13.8 Å².